The van der Waals surface area contributed by atoms with Crippen LogP contribution < -0.4 is 16.9 Å². The third kappa shape index (κ3) is 15.3. The number of para-hydroxylation sites is 6. The quantitative estimate of drug-likeness (QED) is 0.0474. The summed E-state index contributed by atoms with van der Waals surface area (Å²) in [6, 6.07) is 93.2. The zero-order valence-electron chi connectivity index (χ0n) is 55.2. The zero-order valence-corrected chi connectivity index (χ0v) is 62.1. The lowest BCUT2D eigenvalue weighted by atomic mass is 9.79. The maximum atomic E-state index is 11.2. The Balaban J connectivity index is 0.000000117. The van der Waals surface area contributed by atoms with Crippen LogP contribution >= 0.6 is 97.1 Å². The highest BCUT2D eigenvalue weighted by atomic mass is 79.9. The van der Waals surface area contributed by atoms with Crippen LogP contribution in [0.15, 0.2) is 296 Å². The van der Waals surface area contributed by atoms with Gasteiger partial charge >= 0.3 is 7.12 Å². The summed E-state index contributed by atoms with van der Waals surface area (Å²) in [5.74, 6) is 0.828. The number of nitrogen functional groups attached to an aromatic ring is 2. The van der Waals surface area contributed by atoms with Crippen molar-refractivity contribution in [2.24, 2.45) is 0 Å². The Bertz CT molecular complexity index is 6280. The number of imidazole rings is 2. The van der Waals surface area contributed by atoms with Gasteiger partial charge in [-0.05, 0) is 83.2 Å². The van der Waals surface area contributed by atoms with E-state index in [4.69, 9.17) is 113 Å². The number of nitrogens with two attached hydrogens (primary N) is 2. The average molecular weight is 1580 g/mol. The van der Waals surface area contributed by atoms with E-state index >= 15 is 0 Å². The molecule has 0 aliphatic heterocycles. The van der Waals surface area contributed by atoms with E-state index in [1.54, 1.807) is 54.6 Å². The molecule has 0 bridgehead atoms. The van der Waals surface area contributed by atoms with Crippen LogP contribution in [0.2, 0.25) is 35.2 Å². The Morgan fingerprint density at radius 2 is 0.781 bits per heavy atom. The number of carbonyl (C=O) groups excluding carboxylic acids is 2. The second-order valence-corrected chi connectivity index (χ2v) is 27.5. The van der Waals surface area contributed by atoms with Crippen LogP contribution in [-0.4, -0.2) is 49.1 Å². The summed E-state index contributed by atoms with van der Waals surface area (Å²) >= 11 is 47.5. The Hall–Kier alpha value is -10.3. The largest absolute Gasteiger partial charge is 0.489 e. The lowest BCUT2D eigenvalue weighted by molar-refractivity contribution is 0.111. The van der Waals surface area contributed by atoms with E-state index in [0.717, 1.165) is 137 Å². The number of carbonyl (C=O) groups is 2. The summed E-state index contributed by atoms with van der Waals surface area (Å²) in [5, 5.41) is 33.5. The predicted molar refractivity (Wildman–Crippen MR) is 448 cm³/mol. The Morgan fingerprint density at radius 1 is 0.362 bits per heavy atom. The number of anilines is 2. The van der Waals surface area contributed by atoms with Crippen LogP contribution in [0.3, 0.4) is 0 Å². The number of nitrogens with zero attached hydrogens (tertiary/aromatic N) is 3. The van der Waals surface area contributed by atoms with Crippen LogP contribution in [0.4, 0.5) is 11.4 Å². The summed E-state index contributed by atoms with van der Waals surface area (Å²) in [6.07, 6.45) is 1.66. The standard InChI is InChI=1S/C23H14Cl2N2.C23H13ClN2.C17H10Cl2O.C10H7BCl2O2.C7H5BrO.C6H8N2/c24-19-9-5-8-16-15(19)12-13-17(22(16)25)14-6-1-2-7-18(14)23-26-20-10-3-4-11-21(20)27-23;24-19-9-5-8-16-15(19)12-13-17-14-6-1-2-7-18(14)23-25-20-10-3-4-11-21(20)26(23)22(16)17;18-16-7-3-6-14-13(16)8-9-15(17(14)19)12-5-2-1-4-11(12)10-20;12-9-3-1-2-7-6(9)4-5-8(10(7)13)11(14)15;8-7-4-2-1-3-6(7)5-9;7-5-3-1-2-4-6(5)8/h1-13H,(H,26,27);1-13H;1-10H;1-5,14-15H;1-5H;1-4H,7-8H2. The number of aromatic nitrogens is 4. The van der Waals surface area contributed by atoms with E-state index in [2.05, 4.69) is 98.1 Å². The van der Waals surface area contributed by atoms with Crippen molar-refractivity contribution in [1.29, 1.82) is 0 Å². The molecule has 0 aliphatic rings. The maximum Gasteiger partial charge on any atom is 0.489 e. The van der Waals surface area contributed by atoms with Crippen LogP contribution in [0, 0.1) is 0 Å². The minimum Gasteiger partial charge on any atom is -0.423 e. The van der Waals surface area contributed by atoms with Crippen molar-refractivity contribution in [2.45, 2.75) is 0 Å². The molecule has 0 radical (unpaired) electrons. The normalized spacial score (nSPS) is 10.9. The molecule has 514 valence electrons. The van der Waals surface area contributed by atoms with Gasteiger partial charge in [0.25, 0.3) is 0 Å². The smallest absolute Gasteiger partial charge is 0.423 e. The second kappa shape index (κ2) is 32.8. The predicted octanol–water partition coefficient (Wildman–Crippen LogP) is 24.5. The fraction of sp³-hybridized carbons (Fsp3) is 0. The highest BCUT2D eigenvalue weighted by Gasteiger charge is 2.20. The molecule has 18 aromatic rings. The topological polar surface area (TPSA) is 173 Å². The molecule has 18 rings (SSSR count). The van der Waals surface area contributed by atoms with Crippen molar-refractivity contribution in [1.82, 2.24) is 19.4 Å². The van der Waals surface area contributed by atoms with E-state index in [1.807, 2.05) is 164 Å². The molecule has 0 saturated carbocycles. The van der Waals surface area contributed by atoms with Gasteiger partial charge in [0.05, 0.1) is 49.0 Å². The number of benzene rings is 15. The molecular formula is C86H57BBrCl7N6O4. The van der Waals surface area contributed by atoms with Gasteiger partial charge in [-0.25, -0.2) is 9.97 Å². The van der Waals surface area contributed by atoms with Crippen LogP contribution in [0.5, 0.6) is 0 Å². The number of H-pyrrole nitrogens is 1. The lowest BCUT2D eigenvalue weighted by Crippen LogP contribution is -2.30. The highest BCUT2D eigenvalue weighted by molar-refractivity contribution is 9.10. The molecule has 19 heteroatoms. The van der Waals surface area contributed by atoms with Crippen LogP contribution in [-0.2, 0) is 0 Å². The number of fused-ring (bicyclic) bond motifs is 14. The first-order valence-corrected chi connectivity index (χ1v) is 36.1. The number of aromatic amines is 1. The van der Waals surface area contributed by atoms with E-state index in [0.29, 0.717) is 52.6 Å². The van der Waals surface area contributed by atoms with Gasteiger partial charge in [-0.1, -0.05) is 322 Å². The first kappa shape index (κ1) is 73.0. The molecule has 15 aromatic carbocycles. The zero-order chi connectivity index (χ0) is 73.4. The van der Waals surface area contributed by atoms with Crippen molar-refractivity contribution in [3.8, 4) is 33.6 Å². The third-order valence-electron chi connectivity index (χ3n) is 17.6. The van der Waals surface area contributed by atoms with Gasteiger partial charge in [-0.3, -0.25) is 14.0 Å². The van der Waals surface area contributed by atoms with E-state index in [9.17, 15) is 9.59 Å². The first-order chi connectivity index (χ1) is 51.0. The molecule has 0 aliphatic carbocycles. The fourth-order valence-corrected chi connectivity index (χ4v) is 14.8. The third-order valence-corrected chi connectivity index (χ3v) is 20.9. The monoisotopic (exact) mass is 1570 g/mol. The van der Waals surface area contributed by atoms with Crippen LogP contribution in [0.25, 0.3) is 126 Å². The molecule has 0 spiro atoms. The van der Waals surface area contributed by atoms with Crippen molar-refractivity contribution in [3.05, 3.63) is 342 Å². The average Bonchev–Trinajstić information content (AvgIpc) is 1.63. The molecule has 0 unspecified atom stereocenters. The van der Waals surface area contributed by atoms with Gasteiger partial charge in [0.15, 0.2) is 12.6 Å². The van der Waals surface area contributed by atoms with Crippen molar-refractivity contribution in [2.75, 3.05) is 11.5 Å². The summed E-state index contributed by atoms with van der Waals surface area (Å²) < 4.78 is 3.13. The Labute approximate surface area is 646 Å². The second-order valence-electron chi connectivity index (χ2n) is 23.9. The maximum absolute atomic E-state index is 11.2. The SMILES string of the molecule is Clc1cccc2c(Cl)c(-c3ccccc3-c3nc4ccccc4[nH]3)ccc12.Clc1cccc2c1ccc1c3ccccc3c3nc4ccccc4n3c21.Nc1ccccc1N.O=Cc1ccccc1-c1ccc2c(Cl)cccc2c1Cl.O=Cc1ccccc1Br.OB(O)c1ccc2c(Cl)cccc2c1Cl. The van der Waals surface area contributed by atoms with Gasteiger partial charge in [-0.15, -0.1) is 0 Å². The number of pyridine rings is 1. The van der Waals surface area contributed by atoms with Gasteiger partial charge in [-0.2, -0.15) is 0 Å². The Kier molecular flexibility index (Phi) is 22.8. The minimum atomic E-state index is -1.57. The molecule has 0 amide bonds. The van der Waals surface area contributed by atoms with Crippen molar-refractivity contribution < 1.29 is 19.6 Å². The molecule has 3 aromatic heterocycles. The van der Waals surface area contributed by atoms with Crippen molar-refractivity contribution >= 4 is 226 Å². The molecule has 7 N–H and O–H groups in total. The van der Waals surface area contributed by atoms with E-state index in [-0.39, 0.29) is 5.46 Å². The number of nitrogens with one attached hydrogen (secondary N) is 1. The lowest BCUT2D eigenvalue weighted by Gasteiger charge is -2.12. The molecular weight excluding hydrogens is 1520 g/mol. The van der Waals surface area contributed by atoms with Crippen molar-refractivity contribution in [3.63, 3.8) is 0 Å². The van der Waals surface area contributed by atoms with Gasteiger partial charge in [0.1, 0.15) is 11.5 Å². The number of halogens is 8. The summed E-state index contributed by atoms with van der Waals surface area (Å²) in [6.45, 7) is 0. The number of aldehydes is 2. The number of rotatable bonds is 6. The molecule has 0 fully saturated rings. The number of hydrogen-bond donors (Lipinski definition) is 5. The molecule has 0 atom stereocenters. The summed E-state index contributed by atoms with van der Waals surface area (Å²) in [5.41, 5.74) is 24.6. The van der Waals surface area contributed by atoms with Gasteiger partial charge < -0.3 is 26.5 Å². The summed E-state index contributed by atoms with van der Waals surface area (Å²) in [4.78, 5) is 34.5. The van der Waals surface area contributed by atoms with E-state index in [1.165, 1.54) is 10.8 Å². The first-order valence-electron chi connectivity index (χ1n) is 32.7. The summed E-state index contributed by atoms with van der Waals surface area (Å²) in [7, 11) is -1.57. The van der Waals surface area contributed by atoms with Crippen LogP contribution in [0.1, 0.15) is 20.7 Å². The van der Waals surface area contributed by atoms with Gasteiger partial charge in [0, 0.05) is 117 Å². The minimum absolute atomic E-state index is 0.284. The molecule has 0 saturated heterocycles. The fourth-order valence-electron chi connectivity index (χ4n) is 12.5. The van der Waals surface area contributed by atoms with E-state index < -0.39 is 7.12 Å². The highest BCUT2D eigenvalue weighted by Crippen LogP contribution is 2.43. The molecule has 3 heterocycles. The molecule has 105 heavy (non-hydrogen) atoms. The number of hydrogen-bond acceptors (Lipinski definition) is 8. The Morgan fingerprint density at radius 3 is 1.34 bits per heavy atom. The molecule has 10 nitrogen and oxygen atoms in total. The van der Waals surface area contributed by atoms with Gasteiger partial charge in [0.2, 0.25) is 0 Å².